The number of halogens is 1. The summed E-state index contributed by atoms with van der Waals surface area (Å²) in [5, 5.41) is 11.9. The summed E-state index contributed by atoms with van der Waals surface area (Å²) in [6, 6.07) is 11.6. The Labute approximate surface area is 197 Å². The first-order chi connectivity index (χ1) is 17.0. The zero-order valence-corrected chi connectivity index (χ0v) is 18.1. The molecule has 0 atom stereocenters. The first-order valence-electron chi connectivity index (χ1n) is 10.5. The van der Waals surface area contributed by atoms with Gasteiger partial charge in [0, 0.05) is 18.8 Å². The number of aromatic nitrogens is 4. The molecular weight excluding hydrogens is 457 g/mol. The van der Waals surface area contributed by atoms with Crippen LogP contribution < -0.4 is 20.7 Å². The maximum atomic E-state index is 14.3. The van der Waals surface area contributed by atoms with E-state index in [4.69, 9.17) is 4.74 Å². The fourth-order valence-electron chi connectivity index (χ4n) is 3.49. The first kappa shape index (κ1) is 21.9. The van der Waals surface area contributed by atoms with Crippen molar-refractivity contribution >= 4 is 29.1 Å². The van der Waals surface area contributed by atoms with Crippen LogP contribution in [-0.4, -0.2) is 43.9 Å². The van der Waals surface area contributed by atoms with E-state index in [0.29, 0.717) is 22.7 Å². The van der Waals surface area contributed by atoms with Gasteiger partial charge in [0.1, 0.15) is 17.1 Å². The second-order valence-corrected chi connectivity index (χ2v) is 7.61. The highest BCUT2D eigenvalue weighted by molar-refractivity contribution is 5.98. The minimum absolute atomic E-state index is 0.0554. The summed E-state index contributed by atoms with van der Waals surface area (Å²) in [5.74, 6) is -1.71. The third-order valence-electron chi connectivity index (χ3n) is 5.18. The Morgan fingerprint density at radius 1 is 1.11 bits per heavy atom. The van der Waals surface area contributed by atoms with Crippen molar-refractivity contribution in [3.8, 4) is 5.75 Å². The third-order valence-corrected chi connectivity index (χ3v) is 5.18. The number of anilines is 1. The Bertz CT molecular complexity index is 1460. The number of amides is 3. The maximum absolute atomic E-state index is 14.3. The molecule has 176 valence electrons. The van der Waals surface area contributed by atoms with E-state index < -0.39 is 17.6 Å². The molecule has 0 spiro atoms. The zero-order chi connectivity index (χ0) is 24.4. The Morgan fingerprint density at radius 2 is 1.97 bits per heavy atom. The average molecular weight is 475 g/mol. The van der Waals surface area contributed by atoms with Crippen LogP contribution in [-0.2, 0) is 17.9 Å². The lowest BCUT2D eigenvalue weighted by atomic mass is 10.1. The Hall–Kier alpha value is -4.87. The highest BCUT2D eigenvalue weighted by Crippen LogP contribution is 2.28. The predicted molar refractivity (Wildman–Crippen MR) is 120 cm³/mol. The lowest BCUT2D eigenvalue weighted by Crippen LogP contribution is -2.29. The van der Waals surface area contributed by atoms with Crippen molar-refractivity contribution in [3.05, 3.63) is 83.3 Å². The SMILES string of the molecule is O=C1COc2ccc(CNC(=O)c3cc(C(=O)NCc4ccccn4)n4ncc(F)c4n3)cc2N1. The van der Waals surface area contributed by atoms with Crippen molar-refractivity contribution < 1.29 is 23.5 Å². The molecule has 0 fully saturated rings. The van der Waals surface area contributed by atoms with Crippen molar-refractivity contribution in [2.45, 2.75) is 13.1 Å². The topological polar surface area (TPSA) is 140 Å². The number of nitrogens with zero attached hydrogens (tertiary/aromatic N) is 4. The van der Waals surface area contributed by atoms with Gasteiger partial charge in [0.25, 0.3) is 17.7 Å². The number of fused-ring (bicyclic) bond motifs is 2. The molecule has 3 N–H and O–H groups in total. The second-order valence-electron chi connectivity index (χ2n) is 7.61. The number of carbonyl (C=O) groups is 3. The van der Waals surface area contributed by atoms with Crippen LogP contribution in [0, 0.1) is 5.82 Å². The van der Waals surface area contributed by atoms with Crippen molar-refractivity contribution in [2.24, 2.45) is 0 Å². The van der Waals surface area contributed by atoms with E-state index in [0.717, 1.165) is 10.7 Å². The Morgan fingerprint density at radius 3 is 2.80 bits per heavy atom. The fraction of sp³-hybridized carbons (Fsp3) is 0.130. The smallest absolute Gasteiger partial charge is 0.270 e. The number of pyridine rings is 1. The van der Waals surface area contributed by atoms with E-state index in [1.807, 2.05) is 0 Å². The molecular formula is C23H18FN7O4. The molecule has 0 unspecified atom stereocenters. The lowest BCUT2D eigenvalue weighted by Gasteiger charge is -2.18. The molecule has 0 bridgehead atoms. The molecule has 3 amide bonds. The molecule has 1 aliphatic heterocycles. The van der Waals surface area contributed by atoms with E-state index in [1.165, 1.54) is 6.07 Å². The molecule has 0 saturated carbocycles. The first-order valence-corrected chi connectivity index (χ1v) is 10.5. The number of ether oxygens (including phenoxy) is 1. The van der Waals surface area contributed by atoms with Crippen LogP contribution in [0.15, 0.2) is 54.9 Å². The molecule has 4 aromatic rings. The third kappa shape index (κ3) is 4.62. The van der Waals surface area contributed by atoms with Crippen LogP contribution in [0.1, 0.15) is 32.2 Å². The van der Waals surface area contributed by atoms with Gasteiger partial charge in [0.2, 0.25) is 0 Å². The number of hydrogen-bond donors (Lipinski definition) is 3. The molecule has 1 aromatic carbocycles. The second kappa shape index (κ2) is 9.17. The molecule has 0 saturated heterocycles. The summed E-state index contributed by atoms with van der Waals surface area (Å²) >= 11 is 0. The predicted octanol–water partition coefficient (Wildman–Crippen LogP) is 1.45. The van der Waals surface area contributed by atoms with Crippen LogP contribution in [0.5, 0.6) is 5.75 Å². The Balaban J connectivity index is 1.34. The summed E-state index contributed by atoms with van der Waals surface area (Å²) in [6.45, 7) is 0.172. The summed E-state index contributed by atoms with van der Waals surface area (Å²) in [7, 11) is 0. The van der Waals surface area contributed by atoms with Crippen molar-refractivity contribution in [3.63, 3.8) is 0 Å². The molecule has 4 heterocycles. The van der Waals surface area contributed by atoms with Crippen LogP contribution >= 0.6 is 0 Å². The molecule has 0 radical (unpaired) electrons. The molecule has 12 heteroatoms. The van der Waals surface area contributed by atoms with Crippen LogP contribution in [0.3, 0.4) is 0 Å². The summed E-state index contributed by atoms with van der Waals surface area (Å²) < 4.78 is 20.6. The van der Waals surface area contributed by atoms with Gasteiger partial charge in [0.15, 0.2) is 18.1 Å². The largest absolute Gasteiger partial charge is 0.482 e. The van der Waals surface area contributed by atoms with Gasteiger partial charge in [0.05, 0.1) is 24.1 Å². The number of nitrogens with one attached hydrogen (secondary N) is 3. The molecule has 11 nitrogen and oxygen atoms in total. The van der Waals surface area contributed by atoms with Crippen LogP contribution in [0.25, 0.3) is 5.65 Å². The van der Waals surface area contributed by atoms with Gasteiger partial charge in [-0.2, -0.15) is 5.10 Å². The quantitative estimate of drug-likeness (QED) is 0.384. The summed E-state index contributed by atoms with van der Waals surface area (Å²) in [5.41, 5.74) is 1.34. The van der Waals surface area contributed by atoms with Crippen molar-refractivity contribution in [1.29, 1.82) is 0 Å². The number of rotatable bonds is 6. The molecule has 3 aromatic heterocycles. The van der Waals surface area contributed by atoms with E-state index in [1.54, 1.807) is 42.6 Å². The van der Waals surface area contributed by atoms with Gasteiger partial charge in [-0.05, 0) is 29.8 Å². The van der Waals surface area contributed by atoms with Crippen LogP contribution in [0.2, 0.25) is 0 Å². The molecule has 1 aliphatic rings. The fourth-order valence-corrected chi connectivity index (χ4v) is 3.49. The van der Waals surface area contributed by atoms with Gasteiger partial charge >= 0.3 is 0 Å². The highest BCUT2D eigenvalue weighted by Gasteiger charge is 2.21. The normalized spacial score (nSPS) is 12.4. The summed E-state index contributed by atoms with van der Waals surface area (Å²) in [6.07, 6.45) is 2.52. The molecule has 5 rings (SSSR count). The highest BCUT2D eigenvalue weighted by atomic mass is 19.1. The number of carbonyl (C=O) groups excluding carboxylic acids is 3. The van der Waals surface area contributed by atoms with E-state index in [-0.39, 0.29) is 42.6 Å². The maximum Gasteiger partial charge on any atom is 0.270 e. The van der Waals surface area contributed by atoms with E-state index in [9.17, 15) is 18.8 Å². The standard InChI is InChI=1S/C23H18FN7O4/c24-15-11-28-31-18(23(34)27-10-14-3-1-2-6-25-14)8-17(30-21(15)31)22(33)26-9-13-4-5-19-16(7-13)29-20(32)12-35-19/h1-8,11H,9-10,12H2,(H,26,33)(H,27,34)(H,29,32). The minimum Gasteiger partial charge on any atom is -0.482 e. The van der Waals surface area contributed by atoms with Gasteiger partial charge in [-0.15, -0.1) is 0 Å². The summed E-state index contributed by atoms with van der Waals surface area (Å²) in [4.78, 5) is 45.4. The molecule has 0 aliphatic carbocycles. The van der Waals surface area contributed by atoms with Gasteiger partial charge in [-0.25, -0.2) is 13.9 Å². The lowest BCUT2D eigenvalue weighted by molar-refractivity contribution is -0.118. The van der Waals surface area contributed by atoms with Gasteiger partial charge in [-0.3, -0.25) is 19.4 Å². The van der Waals surface area contributed by atoms with Crippen molar-refractivity contribution in [2.75, 3.05) is 11.9 Å². The van der Waals surface area contributed by atoms with E-state index >= 15 is 0 Å². The van der Waals surface area contributed by atoms with Crippen LogP contribution in [0.4, 0.5) is 10.1 Å². The number of hydrogen-bond acceptors (Lipinski definition) is 7. The zero-order valence-electron chi connectivity index (χ0n) is 18.1. The van der Waals surface area contributed by atoms with Gasteiger partial charge < -0.3 is 20.7 Å². The van der Waals surface area contributed by atoms with Gasteiger partial charge in [-0.1, -0.05) is 12.1 Å². The average Bonchev–Trinajstić information content (AvgIpc) is 3.26. The Kier molecular flexibility index (Phi) is 5.75. The number of benzene rings is 1. The van der Waals surface area contributed by atoms with E-state index in [2.05, 4.69) is 31.0 Å². The monoisotopic (exact) mass is 475 g/mol. The molecule has 35 heavy (non-hydrogen) atoms. The minimum atomic E-state index is -0.774. The van der Waals surface area contributed by atoms with Crippen molar-refractivity contribution in [1.82, 2.24) is 30.2 Å².